The summed E-state index contributed by atoms with van der Waals surface area (Å²) >= 11 is 0. The zero-order valence-electron chi connectivity index (χ0n) is 11.9. The molecule has 0 aromatic carbocycles. The molecule has 0 bridgehead atoms. The van der Waals surface area contributed by atoms with Crippen LogP contribution in [-0.4, -0.2) is 14.8 Å². The number of nitrogen functional groups attached to an aromatic ring is 1. The van der Waals surface area contributed by atoms with Gasteiger partial charge in [0.05, 0.1) is 11.7 Å². The lowest BCUT2D eigenvalue weighted by molar-refractivity contribution is 0.426. The summed E-state index contributed by atoms with van der Waals surface area (Å²) in [6, 6.07) is 4.64. The second-order valence-corrected chi connectivity index (χ2v) is 4.99. The van der Waals surface area contributed by atoms with E-state index in [9.17, 15) is 0 Å². The molecule has 2 N–H and O–H groups in total. The number of hydrogen-bond donors (Lipinski definition) is 1. The van der Waals surface area contributed by atoms with Crippen LogP contribution in [-0.2, 0) is 6.42 Å². The summed E-state index contributed by atoms with van der Waals surface area (Å²) in [4.78, 5) is 4.19. The van der Waals surface area contributed by atoms with Crippen molar-refractivity contribution < 1.29 is 0 Å². The summed E-state index contributed by atoms with van der Waals surface area (Å²) < 4.78 is 2.06. The second kappa shape index (κ2) is 5.87. The number of pyridine rings is 1. The summed E-state index contributed by atoms with van der Waals surface area (Å²) in [6.07, 6.45) is 6.80. The molecule has 0 saturated heterocycles. The maximum Gasteiger partial charge on any atom is 0.126 e. The number of aryl methyl sites for hydroxylation is 1. The Morgan fingerprint density at radius 2 is 2.05 bits per heavy atom. The van der Waals surface area contributed by atoms with Crippen molar-refractivity contribution in [2.24, 2.45) is 0 Å². The normalized spacial score (nSPS) is 11.2. The molecule has 0 radical (unpaired) electrons. The van der Waals surface area contributed by atoms with Crippen molar-refractivity contribution in [3.8, 4) is 0 Å². The van der Waals surface area contributed by atoms with Gasteiger partial charge in [-0.3, -0.25) is 4.68 Å². The zero-order chi connectivity index (χ0) is 13.8. The highest BCUT2D eigenvalue weighted by Crippen LogP contribution is 2.18. The number of rotatable bonds is 5. The van der Waals surface area contributed by atoms with E-state index in [0.29, 0.717) is 11.9 Å². The van der Waals surface area contributed by atoms with Gasteiger partial charge in [-0.1, -0.05) is 19.9 Å². The third-order valence-electron chi connectivity index (χ3n) is 3.49. The second-order valence-electron chi connectivity index (χ2n) is 4.99. The Bertz CT molecular complexity index is 541. The highest BCUT2D eigenvalue weighted by Gasteiger charge is 2.09. The monoisotopic (exact) mass is 258 g/mol. The maximum absolute atomic E-state index is 5.91. The summed E-state index contributed by atoms with van der Waals surface area (Å²) in [5.74, 6) is 0.600. The van der Waals surface area contributed by atoms with E-state index in [4.69, 9.17) is 5.73 Å². The largest absolute Gasteiger partial charge is 0.383 e. The van der Waals surface area contributed by atoms with E-state index in [-0.39, 0.29) is 0 Å². The minimum absolute atomic E-state index is 0.488. The van der Waals surface area contributed by atoms with Crippen LogP contribution in [0.15, 0.2) is 24.5 Å². The van der Waals surface area contributed by atoms with Gasteiger partial charge in [-0.2, -0.15) is 5.10 Å². The lowest BCUT2D eigenvalue weighted by atomic mass is 10.1. The molecule has 0 atom stereocenters. The summed E-state index contributed by atoms with van der Waals surface area (Å²) in [5.41, 5.74) is 9.14. The Morgan fingerprint density at radius 3 is 2.74 bits per heavy atom. The highest BCUT2D eigenvalue weighted by molar-refractivity contribution is 5.42. The van der Waals surface area contributed by atoms with Gasteiger partial charge in [-0.05, 0) is 31.4 Å². The van der Waals surface area contributed by atoms with Gasteiger partial charge < -0.3 is 5.73 Å². The molecule has 0 unspecified atom stereocenters. The van der Waals surface area contributed by atoms with Crippen molar-refractivity contribution in [2.75, 3.05) is 5.73 Å². The molecular weight excluding hydrogens is 236 g/mol. The molecule has 2 aromatic rings. The fourth-order valence-corrected chi connectivity index (χ4v) is 2.31. The predicted molar refractivity (Wildman–Crippen MR) is 78.0 cm³/mol. The fourth-order valence-electron chi connectivity index (χ4n) is 2.31. The molecular formula is C15H22N4. The van der Waals surface area contributed by atoms with Crippen molar-refractivity contribution >= 4 is 5.82 Å². The lowest BCUT2D eigenvalue weighted by Crippen LogP contribution is -2.08. The first-order chi connectivity index (χ1) is 9.13. The van der Waals surface area contributed by atoms with Crippen LogP contribution in [0.4, 0.5) is 5.82 Å². The predicted octanol–water partition coefficient (Wildman–Crippen LogP) is 3.12. The van der Waals surface area contributed by atoms with Gasteiger partial charge in [-0.25, -0.2) is 4.98 Å². The van der Waals surface area contributed by atoms with E-state index in [0.717, 1.165) is 36.1 Å². The summed E-state index contributed by atoms with van der Waals surface area (Å²) in [7, 11) is 0. The third kappa shape index (κ3) is 3.13. The standard InChI is InChI=1S/C15H22N4/c1-4-14(5-2)19-7-6-13(18-19)9-12-8-11(3)10-17-15(12)16/h6-8,10,14H,4-5,9H2,1-3H3,(H2,16,17). The Morgan fingerprint density at radius 1 is 1.32 bits per heavy atom. The van der Waals surface area contributed by atoms with Crippen molar-refractivity contribution in [1.82, 2.24) is 14.8 Å². The molecule has 0 aliphatic heterocycles. The van der Waals surface area contributed by atoms with Gasteiger partial charge in [0.25, 0.3) is 0 Å². The highest BCUT2D eigenvalue weighted by atomic mass is 15.3. The van der Waals surface area contributed by atoms with Crippen LogP contribution in [0.1, 0.15) is 49.6 Å². The molecule has 102 valence electrons. The van der Waals surface area contributed by atoms with Crippen LogP contribution in [0.25, 0.3) is 0 Å². The number of anilines is 1. The van der Waals surface area contributed by atoms with Crippen molar-refractivity contribution in [1.29, 1.82) is 0 Å². The first-order valence-electron chi connectivity index (χ1n) is 6.89. The van der Waals surface area contributed by atoms with E-state index in [1.807, 2.05) is 6.92 Å². The fraction of sp³-hybridized carbons (Fsp3) is 0.467. The SMILES string of the molecule is CCC(CC)n1ccc(Cc2cc(C)cnc2N)n1. The van der Waals surface area contributed by atoms with Gasteiger partial charge in [-0.15, -0.1) is 0 Å². The molecule has 4 heteroatoms. The number of hydrogen-bond acceptors (Lipinski definition) is 3. The molecule has 2 rings (SSSR count). The molecule has 0 fully saturated rings. The van der Waals surface area contributed by atoms with Crippen LogP contribution in [0, 0.1) is 6.92 Å². The first-order valence-corrected chi connectivity index (χ1v) is 6.89. The van der Waals surface area contributed by atoms with Crippen molar-refractivity contribution in [3.05, 3.63) is 41.3 Å². The Kier molecular flexibility index (Phi) is 4.20. The van der Waals surface area contributed by atoms with E-state index in [1.54, 1.807) is 6.20 Å². The molecule has 0 spiro atoms. The van der Waals surface area contributed by atoms with E-state index >= 15 is 0 Å². The maximum atomic E-state index is 5.91. The molecule has 2 aromatic heterocycles. The van der Waals surface area contributed by atoms with Crippen LogP contribution >= 0.6 is 0 Å². The molecule has 19 heavy (non-hydrogen) atoms. The van der Waals surface area contributed by atoms with Gasteiger partial charge in [0.2, 0.25) is 0 Å². The van der Waals surface area contributed by atoms with E-state index in [2.05, 4.69) is 46.9 Å². The molecule has 0 aliphatic rings. The average Bonchev–Trinajstić information content (AvgIpc) is 2.84. The van der Waals surface area contributed by atoms with Gasteiger partial charge in [0.1, 0.15) is 5.82 Å². The van der Waals surface area contributed by atoms with Gasteiger partial charge in [0.15, 0.2) is 0 Å². The van der Waals surface area contributed by atoms with Gasteiger partial charge in [0, 0.05) is 24.4 Å². The minimum Gasteiger partial charge on any atom is -0.383 e. The smallest absolute Gasteiger partial charge is 0.126 e. The number of aromatic nitrogens is 3. The minimum atomic E-state index is 0.488. The molecule has 0 amide bonds. The number of nitrogens with two attached hydrogens (primary N) is 1. The molecule has 0 saturated carbocycles. The lowest BCUT2D eigenvalue weighted by Gasteiger charge is -2.12. The molecule has 0 aliphatic carbocycles. The van der Waals surface area contributed by atoms with Crippen LogP contribution < -0.4 is 5.73 Å². The summed E-state index contributed by atoms with van der Waals surface area (Å²) in [6.45, 7) is 6.41. The first kappa shape index (κ1) is 13.6. The van der Waals surface area contributed by atoms with E-state index in [1.165, 1.54) is 0 Å². The molecule has 2 heterocycles. The molecule has 4 nitrogen and oxygen atoms in total. The van der Waals surface area contributed by atoms with E-state index < -0.39 is 0 Å². The van der Waals surface area contributed by atoms with Crippen molar-refractivity contribution in [2.45, 2.75) is 46.1 Å². The Labute approximate surface area is 114 Å². The van der Waals surface area contributed by atoms with Crippen molar-refractivity contribution in [3.63, 3.8) is 0 Å². The Balaban J connectivity index is 2.18. The summed E-state index contributed by atoms with van der Waals surface area (Å²) in [5, 5.41) is 4.65. The topological polar surface area (TPSA) is 56.7 Å². The third-order valence-corrected chi connectivity index (χ3v) is 3.49. The van der Waals surface area contributed by atoms with Gasteiger partial charge >= 0.3 is 0 Å². The van der Waals surface area contributed by atoms with Crippen LogP contribution in [0.3, 0.4) is 0 Å². The Hall–Kier alpha value is -1.84. The van der Waals surface area contributed by atoms with Crippen LogP contribution in [0.2, 0.25) is 0 Å². The quantitative estimate of drug-likeness (QED) is 0.896. The van der Waals surface area contributed by atoms with Crippen LogP contribution in [0.5, 0.6) is 0 Å². The zero-order valence-corrected chi connectivity index (χ0v) is 11.9. The number of nitrogens with zero attached hydrogens (tertiary/aromatic N) is 3. The average molecular weight is 258 g/mol.